The van der Waals surface area contributed by atoms with Gasteiger partial charge in [0.25, 0.3) is 0 Å². The molecule has 53 heavy (non-hydrogen) atoms. The molecule has 1 aromatic heterocycles. The zero-order valence-electron chi connectivity index (χ0n) is 29.8. The number of rotatable bonds is 14. The zero-order chi connectivity index (χ0) is 37.9. The van der Waals surface area contributed by atoms with Crippen molar-refractivity contribution in [2.24, 2.45) is 0 Å². The lowest BCUT2D eigenvalue weighted by Crippen LogP contribution is -2.21. The summed E-state index contributed by atoms with van der Waals surface area (Å²) >= 11 is 0. The number of carboxylic acid groups (broad SMARTS) is 1. The molecule has 0 amide bonds. The fourth-order valence-corrected chi connectivity index (χ4v) is 7.74. The summed E-state index contributed by atoms with van der Waals surface area (Å²) in [4.78, 5) is 16.5. The second kappa shape index (κ2) is 15.1. The van der Waals surface area contributed by atoms with Crippen LogP contribution in [0.2, 0.25) is 0 Å². The van der Waals surface area contributed by atoms with E-state index in [1.807, 2.05) is 84.3 Å². The van der Waals surface area contributed by atoms with Gasteiger partial charge in [0, 0.05) is 18.7 Å². The molecule has 0 unspecified atom stereocenters. The molecule has 0 saturated carbocycles. The smallest absolute Gasteiger partial charge is 0.363 e. The summed E-state index contributed by atoms with van der Waals surface area (Å²) in [6, 6.07) is 32.5. The van der Waals surface area contributed by atoms with Crippen molar-refractivity contribution >= 4 is 82.1 Å². The molecule has 0 fully saturated rings. The fourth-order valence-electron chi connectivity index (χ4n) is 6.44. The molecule has 6 aromatic rings. The number of carboxylic acids is 1. The molecule has 1 heterocycles. The number of anilines is 6. The van der Waals surface area contributed by atoms with E-state index in [1.165, 1.54) is 0 Å². The van der Waals surface area contributed by atoms with Crippen molar-refractivity contribution in [3.8, 4) is 11.1 Å². The molecule has 5 aromatic carbocycles. The number of nitrogens with one attached hydrogen (secondary N) is 2. The van der Waals surface area contributed by atoms with Crippen molar-refractivity contribution < 1.29 is 31.2 Å². The normalized spacial score (nSPS) is 11.8. The van der Waals surface area contributed by atoms with E-state index in [-0.39, 0.29) is 17.1 Å². The Hall–Kier alpha value is -5.66. The van der Waals surface area contributed by atoms with E-state index in [4.69, 9.17) is 4.42 Å². The standard InChI is InChI=1S/C40H40N4O7S2/c1-5-43(35-19-13-11-17-33(35)41-52(47,48)7-3)27-21-23-31-37(25-27)51-38-26-28(22-24-32(38)39(31)29-15-9-10-16-30(29)40(45)46)44(6-2)36-20-14-12-18-34(36)42-53(49,50)8-4/h9-26,41-42H,5-8H2,1-4H3/p+1. The minimum atomic E-state index is -3.55. The summed E-state index contributed by atoms with van der Waals surface area (Å²) in [6.07, 6.45) is 0. The molecule has 274 valence electrons. The van der Waals surface area contributed by atoms with Gasteiger partial charge in [-0.3, -0.25) is 9.44 Å². The van der Waals surface area contributed by atoms with Crippen LogP contribution in [-0.2, 0) is 20.0 Å². The number of nitrogens with zero attached hydrogens (tertiary/aromatic N) is 2. The van der Waals surface area contributed by atoms with Crippen LogP contribution in [0.1, 0.15) is 38.1 Å². The maximum Gasteiger partial charge on any atom is 0.363 e. The molecule has 0 spiro atoms. The number of hydrogen-bond acceptors (Lipinski definition) is 7. The van der Waals surface area contributed by atoms with Crippen LogP contribution in [0.4, 0.5) is 34.1 Å². The van der Waals surface area contributed by atoms with Crippen molar-refractivity contribution in [1.29, 1.82) is 0 Å². The van der Waals surface area contributed by atoms with Gasteiger partial charge in [-0.2, -0.15) is 0 Å². The van der Waals surface area contributed by atoms with Gasteiger partial charge in [0.1, 0.15) is 0 Å². The first-order valence-electron chi connectivity index (χ1n) is 17.3. The van der Waals surface area contributed by atoms with Crippen LogP contribution < -0.4 is 19.2 Å². The largest absolute Gasteiger partial charge is 0.478 e. The fraction of sp³-hybridized carbons (Fsp3) is 0.200. The summed E-state index contributed by atoms with van der Waals surface area (Å²) in [6.45, 7) is 8.08. The van der Waals surface area contributed by atoms with Crippen LogP contribution in [0, 0.1) is 0 Å². The van der Waals surface area contributed by atoms with Gasteiger partial charge in [0.05, 0.1) is 74.1 Å². The maximum absolute atomic E-state index is 12.6. The molecule has 3 N–H and O–H groups in total. The first-order chi connectivity index (χ1) is 25.4. The van der Waals surface area contributed by atoms with Gasteiger partial charge in [-0.1, -0.05) is 42.5 Å². The summed E-state index contributed by atoms with van der Waals surface area (Å²) in [5, 5.41) is 11.6. The predicted molar refractivity (Wildman–Crippen MR) is 215 cm³/mol. The van der Waals surface area contributed by atoms with Gasteiger partial charge in [-0.25, -0.2) is 26.0 Å². The van der Waals surface area contributed by atoms with Crippen LogP contribution in [0.5, 0.6) is 0 Å². The number of fused-ring (bicyclic) bond motifs is 2. The molecule has 0 aliphatic heterocycles. The van der Waals surface area contributed by atoms with Crippen LogP contribution in [0.25, 0.3) is 33.1 Å². The third-order valence-corrected chi connectivity index (χ3v) is 11.6. The number of benzene rings is 5. The predicted octanol–water partition coefficient (Wildman–Crippen LogP) is 9.07. The van der Waals surface area contributed by atoms with Gasteiger partial charge in [-0.05, 0) is 87.9 Å². The molecule has 0 aliphatic rings. The van der Waals surface area contributed by atoms with Gasteiger partial charge < -0.3 is 14.9 Å². The van der Waals surface area contributed by atoms with Gasteiger partial charge in [0.2, 0.25) is 20.0 Å². The summed E-state index contributed by atoms with van der Waals surface area (Å²) in [7, 11) is -7.11. The highest BCUT2D eigenvalue weighted by molar-refractivity contribution is 7.92. The Labute approximate surface area is 309 Å². The highest BCUT2D eigenvalue weighted by Gasteiger charge is 2.27. The Morgan fingerprint density at radius 2 is 1.06 bits per heavy atom. The van der Waals surface area contributed by atoms with Crippen molar-refractivity contribution in [3.05, 3.63) is 115 Å². The van der Waals surface area contributed by atoms with Crippen molar-refractivity contribution in [2.45, 2.75) is 27.7 Å². The van der Waals surface area contributed by atoms with E-state index in [0.717, 1.165) is 11.4 Å². The van der Waals surface area contributed by atoms with E-state index >= 15 is 0 Å². The van der Waals surface area contributed by atoms with E-state index in [0.29, 0.717) is 68.9 Å². The van der Waals surface area contributed by atoms with E-state index in [2.05, 4.69) is 9.44 Å². The number of hydrogen-bond donors (Lipinski definition) is 3. The number of aromatic carboxylic acids is 1. The second-order valence-electron chi connectivity index (χ2n) is 12.2. The topological polar surface area (TPSA) is 147 Å². The van der Waals surface area contributed by atoms with Gasteiger partial charge >= 0.3 is 17.1 Å². The molecule has 11 nitrogen and oxygen atoms in total. The molecule has 0 bridgehead atoms. The lowest BCUT2D eigenvalue weighted by atomic mass is 9.93. The number of carbonyl (C=O) groups is 1. The highest BCUT2D eigenvalue weighted by atomic mass is 32.2. The average molecular weight is 754 g/mol. The Morgan fingerprint density at radius 3 is 1.49 bits per heavy atom. The highest BCUT2D eigenvalue weighted by Crippen LogP contribution is 2.43. The molecule has 0 radical (unpaired) electrons. The van der Waals surface area contributed by atoms with Crippen molar-refractivity contribution in [3.63, 3.8) is 0 Å². The first kappa shape index (κ1) is 37.1. The maximum atomic E-state index is 12.6. The summed E-state index contributed by atoms with van der Waals surface area (Å²) in [5.41, 5.74) is 5.93. The first-order valence-corrected chi connectivity index (χ1v) is 20.6. The Morgan fingerprint density at radius 1 is 0.623 bits per heavy atom. The van der Waals surface area contributed by atoms with Crippen LogP contribution in [0.15, 0.2) is 114 Å². The molecule has 0 aliphatic carbocycles. The minimum absolute atomic E-state index is 0.0760. The van der Waals surface area contributed by atoms with Crippen molar-refractivity contribution in [2.75, 3.05) is 43.8 Å². The number of para-hydroxylation sites is 4. The van der Waals surface area contributed by atoms with Gasteiger partial charge in [-0.15, -0.1) is 0 Å². The molecule has 6 rings (SSSR count). The third kappa shape index (κ3) is 7.62. The van der Waals surface area contributed by atoms with E-state index in [9.17, 15) is 26.7 Å². The second-order valence-corrected chi connectivity index (χ2v) is 16.2. The quantitative estimate of drug-likeness (QED) is 0.0732. The molecular weight excluding hydrogens is 713 g/mol. The van der Waals surface area contributed by atoms with Crippen LogP contribution >= 0.6 is 0 Å². The molecule has 0 saturated heterocycles. The summed E-state index contributed by atoms with van der Waals surface area (Å²) in [5.74, 6) is -1.22. The SMILES string of the molecule is CCN(c1ccc2c(-c3ccccc3C(=O)O)c3ccc(N(CC)c4ccccc4NS(=O)(=O)CC)cc3[o+]c2c1)c1ccccc1NS(=O)(=O)CC. The Kier molecular flexibility index (Phi) is 10.6. The molecule has 13 heteroatoms. The Balaban J connectivity index is 1.58. The monoisotopic (exact) mass is 753 g/mol. The van der Waals surface area contributed by atoms with Crippen LogP contribution in [-0.4, -0.2) is 52.5 Å². The average Bonchev–Trinajstić information content (AvgIpc) is 3.15. The van der Waals surface area contributed by atoms with Crippen LogP contribution in [0.3, 0.4) is 0 Å². The molecule has 0 atom stereocenters. The number of sulfonamides is 2. The Bertz CT molecular complexity index is 2410. The van der Waals surface area contributed by atoms with Crippen molar-refractivity contribution in [1.82, 2.24) is 0 Å². The minimum Gasteiger partial charge on any atom is -0.478 e. The molecular formula is C40H41N4O7S2+. The van der Waals surface area contributed by atoms with E-state index < -0.39 is 26.0 Å². The third-order valence-electron chi connectivity index (χ3n) is 9.05. The lowest BCUT2D eigenvalue weighted by molar-refractivity contribution is 0.0697. The summed E-state index contributed by atoms with van der Waals surface area (Å²) < 4.78 is 62.4. The van der Waals surface area contributed by atoms with E-state index in [1.54, 1.807) is 62.4 Å². The van der Waals surface area contributed by atoms with Gasteiger partial charge in [0.15, 0.2) is 0 Å². The lowest BCUT2D eigenvalue weighted by Gasteiger charge is -2.26. The zero-order valence-corrected chi connectivity index (χ0v) is 31.5.